The molecule has 0 N–H and O–H groups in total. The molecule has 8 aromatic carbocycles. The number of rotatable bonds is 12. The van der Waals surface area contributed by atoms with Crippen LogP contribution in [0.25, 0.3) is 38.8 Å². The van der Waals surface area contributed by atoms with Crippen molar-refractivity contribution in [2.45, 2.75) is 130 Å². The zero-order valence-electron chi connectivity index (χ0n) is 49.1. The van der Waals surface area contributed by atoms with Gasteiger partial charge in [0.15, 0.2) is 0 Å². The van der Waals surface area contributed by atoms with Crippen LogP contribution in [-0.2, 0) is 42.7 Å². The van der Waals surface area contributed by atoms with Crippen LogP contribution >= 0.6 is 0 Å². The van der Waals surface area contributed by atoms with E-state index in [1.807, 2.05) is 6.20 Å². The summed E-state index contributed by atoms with van der Waals surface area (Å²) in [6, 6.07) is 72.0. The van der Waals surface area contributed by atoms with Gasteiger partial charge in [-0.1, -0.05) is 223 Å². The van der Waals surface area contributed by atoms with E-state index in [0.717, 1.165) is 61.5 Å². The van der Waals surface area contributed by atoms with Gasteiger partial charge in [-0.2, -0.15) is 0 Å². The molecule has 1 aliphatic heterocycles. The molecule has 0 saturated carbocycles. The Morgan fingerprint density at radius 3 is 1.75 bits per heavy atom. The van der Waals surface area contributed by atoms with E-state index in [1.165, 1.54) is 44.5 Å². The van der Waals surface area contributed by atoms with Crippen LogP contribution in [0.4, 0.5) is 22.7 Å². The maximum Gasteiger partial charge on any atom is 0.135 e. The van der Waals surface area contributed by atoms with Crippen molar-refractivity contribution >= 4 is 44.6 Å². The van der Waals surface area contributed by atoms with Gasteiger partial charge in [-0.25, -0.2) is 4.98 Å². The van der Waals surface area contributed by atoms with Crippen molar-refractivity contribution < 1.29 is 25.8 Å². The molecule has 80 heavy (non-hydrogen) atoms. The fourth-order valence-electron chi connectivity index (χ4n) is 11.7. The molecule has 0 fully saturated rings. The average Bonchev–Trinajstić information content (AvgIpc) is 4.10. The van der Waals surface area contributed by atoms with Gasteiger partial charge in [0.1, 0.15) is 5.82 Å². The third-order valence-corrected chi connectivity index (χ3v) is 16.6. The number of nitrogens with zero attached hydrogens (tertiary/aromatic N) is 4. The first-order valence-electron chi connectivity index (χ1n) is 28.2. The molecule has 0 saturated heterocycles. The number of ether oxygens (including phenoxy) is 1. The van der Waals surface area contributed by atoms with Crippen LogP contribution in [0.3, 0.4) is 0 Å². The maximum atomic E-state index is 7.33. The van der Waals surface area contributed by atoms with Crippen LogP contribution < -0.4 is 14.5 Å². The molecule has 0 atom stereocenters. The molecule has 0 aliphatic carbocycles. The number of para-hydroxylation sites is 1. The van der Waals surface area contributed by atoms with Crippen molar-refractivity contribution in [2.24, 2.45) is 0 Å². The number of aromatic nitrogens is 2. The first-order chi connectivity index (χ1) is 37.6. The molecule has 0 spiro atoms. The van der Waals surface area contributed by atoms with Crippen LogP contribution in [0.15, 0.2) is 182 Å². The molecule has 0 amide bonds. The smallest absolute Gasteiger partial charge is 0.135 e. The summed E-state index contributed by atoms with van der Waals surface area (Å²) < 4.78 is 9.61. The second kappa shape index (κ2) is 21.4. The summed E-state index contributed by atoms with van der Waals surface area (Å²) in [5.41, 5.74) is 17.5. The van der Waals surface area contributed by atoms with Gasteiger partial charge < -0.3 is 19.1 Å². The third kappa shape index (κ3) is 10.3. The predicted octanol–water partition coefficient (Wildman–Crippen LogP) is 20.1. The molecule has 0 bridgehead atoms. The summed E-state index contributed by atoms with van der Waals surface area (Å²) in [5.74, 6) is 2.75. The number of hydrogen-bond acceptors (Lipinski definition) is 4. The SMILES string of the molecule is CC(C)c1cccc(C(C)C)c1-c1ccc2c(c1)N(c1[c-]c(Oc3[c-]c4c(c(C(C)(C)c5ccccc5)c3)c3ccccc3n4-c3cc(C(C)(C)C)ccn3)cc(C(C)(C)C)c1)[CH-]N2c1cccc(C(C)(C)c2ccccc2)c1.[Pt]. The molecule has 0 radical (unpaired) electrons. The zero-order chi connectivity index (χ0) is 55.8. The number of fused-ring (bicyclic) bond motifs is 4. The molecule has 11 rings (SSSR count). The summed E-state index contributed by atoms with van der Waals surface area (Å²) in [7, 11) is 0. The summed E-state index contributed by atoms with van der Waals surface area (Å²) in [6.07, 6.45) is 1.94. The van der Waals surface area contributed by atoms with Crippen LogP contribution in [0.1, 0.15) is 153 Å². The minimum absolute atomic E-state index is 0. The molecule has 0 unspecified atom stereocenters. The molecular weight excluding hydrogens is 1160 g/mol. The van der Waals surface area contributed by atoms with Crippen LogP contribution in [0, 0.1) is 18.8 Å². The number of pyridine rings is 1. The minimum atomic E-state index is -0.433. The van der Waals surface area contributed by atoms with Crippen molar-refractivity contribution in [3.8, 4) is 28.4 Å². The largest absolute Gasteiger partial charge is 0.509 e. The van der Waals surface area contributed by atoms with Crippen molar-refractivity contribution in [1.29, 1.82) is 0 Å². The van der Waals surface area contributed by atoms with Gasteiger partial charge in [-0.05, 0) is 120 Å². The zero-order valence-corrected chi connectivity index (χ0v) is 51.3. The van der Waals surface area contributed by atoms with E-state index < -0.39 is 5.41 Å². The third-order valence-electron chi connectivity index (χ3n) is 16.6. The predicted molar refractivity (Wildman–Crippen MR) is 332 cm³/mol. The van der Waals surface area contributed by atoms with E-state index in [-0.39, 0.29) is 37.3 Å². The van der Waals surface area contributed by atoms with Crippen molar-refractivity contribution in [1.82, 2.24) is 9.55 Å². The Morgan fingerprint density at radius 1 is 0.500 bits per heavy atom. The monoisotopic (exact) mass is 1230 g/mol. The van der Waals surface area contributed by atoms with Crippen LogP contribution in [0.5, 0.6) is 11.5 Å². The Bertz CT molecular complexity index is 3860. The minimum Gasteiger partial charge on any atom is -0.509 e. The molecule has 410 valence electrons. The van der Waals surface area contributed by atoms with Crippen LogP contribution in [-0.4, -0.2) is 9.55 Å². The van der Waals surface area contributed by atoms with E-state index in [9.17, 15) is 0 Å². The number of anilines is 4. The van der Waals surface area contributed by atoms with Gasteiger partial charge in [-0.15, -0.1) is 53.8 Å². The van der Waals surface area contributed by atoms with Crippen molar-refractivity contribution in [3.05, 3.63) is 245 Å². The van der Waals surface area contributed by atoms with Crippen molar-refractivity contribution in [2.75, 3.05) is 9.80 Å². The maximum absolute atomic E-state index is 7.33. The van der Waals surface area contributed by atoms with Crippen LogP contribution in [0.2, 0.25) is 0 Å². The van der Waals surface area contributed by atoms with Gasteiger partial charge in [-0.3, -0.25) is 0 Å². The first-order valence-corrected chi connectivity index (χ1v) is 28.2. The summed E-state index contributed by atoms with van der Waals surface area (Å²) in [5, 5.41) is 2.27. The molecule has 1 aliphatic rings. The average molecular weight is 1230 g/mol. The quantitative estimate of drug-likeness (QED) is 0.114. The molecule has 2 aromatic heterocycles. The van der Waals surface area contributed by atoms with E-state index >= 15 is 0 Å². The van der Waals surface area contributed by atoms with Gasteiger partial charge in [0.2, 0.25) is 0 Å². The van der Waals surface area contributed by atoms with E-state index in [1.54, 1.807) is 0 Å². The van der Waals surface area contributed by atoms with E-state index in [0.29, 0.717) is 23.3 Å². The molecule has 3 heterocycles. The summed E-state index contributed by atoms with van der Waals surface area (Å²) in [4.78, 5) is 9.74. The summed E-state index contributed by atoms with van der Waals surface area (Å²) >= 11 is 0. The normalized spacial score (nSPS) is 13.2. The Morgan fingerprint density at radius 2 is 1.10 bits per heavy atom. The summed E-state index contributed by atoms with van der Waals surface area (Å²) in [6.45, 7) is 34.3. The Labute approximate surface area is 491 Å². The van der Waals surface area contributed by atoms with E-state index in [2.05, 4.69) is 306 Å². The number of benzene rings is 8. The topological polar surface area (TPSA) is 33.5 Å². The van der Waals surface area contributed by atoms with Gasteiger partial charge in [0.05, 0.1) is 0 Å². The Hall–Kier alpha value is -7.20. The van der Waals surface area contributed by atoms with Gasteiger partial charge in [0.25, 0.3) is 0 Å². The van der Waals surface area contributed by atoms with Crippen molar-refractivity contribution in [3.63, 3.8) is 0 Å². The molecule has 5 nitrogen and oxygen atoms in total. The second-order valence-corrected chi connectivity index (χ2v) is 25.5. The molecule has 10 aromatic rings. The Kier molecular flexibility index (Phi) is 15.0. The van der Waals surface area contributed by atoms with Gasteiger partial charge in [0, 0.05) is 66.8 Å². The molecule has 6 heteroatoms. The van der Waals surface area contributed by atoms with Gasteiger partial charge >= 0.3 is 0 Å². The Balaban J connectivity index is 0.00000720. The first kappa shape index (κ1) is 56.1. The number of hydrogen-bond donors (Lipinski definition) is 0. The fraction of sp³-hybridized carbons (Fsp3) is 0.270. The standard InChI is InChI=1S/C74H75N4O.Pt/c1-48(2)60-32-24-33-61(49(3)4)69(60)50-35-36-65-66(39-50)77(47-76(65)56-30-23-29-54(40-56)73(11,12)51-25-17-15-18-26-51)57-41-55(72(8,9)10)42-58(44-57)79-59-45-63(74(13,14)52-27-19-16-20-28-52)70-62-31-21-22-34-64(62)78(67(70)46-59)68-43-53(37-38-75-68)71(5,6)7;/h15-43,45,47-49H,1-14H3;/q-3;. The second-order valence-electron chi connectivity index (χ2n) is 25.5. The fourth-order valence-corrected chi connectivity index (χ4v) is 11.7. The molecular formula is C74H75N4OPt-3. The van der Waals surface area contributed by atoms with E-state index in [4.69, 9.17) is 9.72 Å².